The number of amides is 1. The fourth-order valence-electron chi connectivity index (χ4n) is 1.84. The molecule has 0 spiro atoms. The summed E-state index contributed by atoms with van der Waals surface area (Å²) in [5, 5.41) is 2.90. The molecule has 1 aromatic heterocycles. The van der Waals surface area contributed by atoms with Gasteiger partial charge in [0, 0.05) is 24.5 Å². The van der Waals surface area contributed by atoms with Gasteiger partial charge in [0.15, 0.2) is 0 Å². The van der Waals surface area contributed by atoms with Crippen molar-refractivity contribution < 1.29 is 4.79 Å². The highest BCUT2D eigenvalue weighted by Crippen LogP contribution is 2.16. The quantitative estimate of drug-likeness (QED) is 0.760. The van der Waals surface area contributed by atoms with Crippen molar-refractivity contribution in [1.82, 2.24) is 10.3 Å². The number of pyridine rings is 1. The minimum absolute atomic E-state index is 0.0202. The van der Waals surface area contributed by atoms with Gasteiger partial charge >= 0.3 is 0 Å². The normalized spacial score (nSPS) is 22.7. The minimum atomic E-state index is -0.0802. The van der Waals surface area contributed by atoms with Crippen LogP contribution in [0.25, 0.3) is 0 Å². The second kappa shape index (κ2) is 5.10. The van der Waals surface area contributed by atoms with E-state index in [2.05, 4.69) is 10.3 Å². The third-order valence-corrected chi connectivity index (χ3v) is 2.89. The van der Waals surface area contributed by atoms with Crippen molar-refractivity contribution in [3.63, 3.8) is 0 Å². The number of nitrogens with two attached hydrogens (primary N) is 1. The van der Waals surface area contributed by atoms with Gasteiger partial charge in [-0.15, -0.1) is 0 Å². The summed E-state index contributed by atoms with van der Waals surface area (Å²) in [6.07, 6.45) is 6.26. The molecule has 4 nitrogen and oxygen atoms in total. The number of hydrogen-bond donors (Lipinski definition) is 2. The van der Waals surface area contributed by atoms with E-state index in [4.69, 9.17) is 5.73 Å². The molecule has 0 bridgehead atoms. The van der Waals surface area contributed by atoms with E-state index in [0.717, 1.165) is 11.3 Å². The second-order valence-corrected chi connectivity index (χ2v) is 4.42. The lowest BCUT2D eigenvalue weighted by Crippen LogP contribution is -2.30. The molecule has 0 radical (unpaired) electrons. The van der Waals surface area contributed by atoms with Gasteiger partial charge in [0.25, 0.3) is 0 Å². The van der Waals surface area contributed by atoms with Crippen molar-refractivity contribution in [2.24, 2.45) is 11.7 Å². The van der Waals surface area contributed by atoms with E-state index in [-0.39, 0.29) is 17.9 Å². The SMILES string of the molecule is Cc1ccc(CNC(=O)C2C=CC(N)C2)cn1. The van der Waals surface area contributed by atoms with E-state index >= 15 is 0 Å². The van der Waals surface area contributed by atoms with Crippen molar-refractivity contribution in [1.29, 1.82) is 0 Å². The van der Waals surface area contributed by atoms with Gasteiger partial charge in [-0.25, -0.2) is 0 Å². The molecule has 1 amide bonds. The zero-order valence-corrected chi connectivity index (χ0v) is 9.89. The molecule has 90 valence electrons. The average Bonchev–Trinajstić information content (AvgIpc) is 2.75. The van der Waals surface area contributed by atoms with Crippen molar-refractivity contribution in [2.75, 3.05) is 0 Å². The Bertz CT molecular complexity index is 425. The summed E-state index contributed by atoms with van der Waals surface area (Å²) in [6.45, 7) is 2.46. The van der Waals surface area contributed by atoms with Gasteiger partial charge in [0.05, 0.1) is 5.92 Å². The summed E-state index contributed by atoms with van der Waals surface area (Å²) >= 11 is 0. The molecule has 0 saturated heterocycles. The van der Waals surface area contributed by atoms with E-state index in [9.17, 15) is 4.79 Å². The molecule has 1 aliphatic rings. The van der Waals surface area contributed by atoms with Gasteiger partial charge in [0.2, 0.25) is 5.91 Å². The van der Waals surface area contributed by atoms with Gasteiger partial charge in [0.1, 0.15) is 0 Å². The molecule has 1 aromatic rings. The highest BCUT2D eigenvalue weighted by atomic mass is 16.1. The summed E-state index contributed by atoms with van der Waals surface area (Å²) in [4.78, 5) is 16.0. The van der Waals surface area contributed by atoms with E-state index < -0.39 is 0 Å². The van der Waals surface area contributed by atoms with Gasteiger partial charge in [-0.2, -0.15) is 0 Å². The van der Waals surface area contributed by atoms with Crippen LogP contribution in [0.1, 0.15) is 17.7 Å². The maximum Gasteiger partial charge on any atom is 0.227 e. The molecule has 2 atom stereocenters. The fourth-order valence-corrected chi connectivity index (χ4v) is 1.84. The number of carbonyl (C=O) groups is 1. The first kappa shape index (κ1) is 11.8. The molecular weight excluding hydrogens is 214 g/mol. The van der Waals surface area contributed by atoms with Crippen LogP contribution in [0.3, 0.4) is 0 Å². The maximum absolute atomic E-state index is 11.8. The number of nitrogens with zero attached hydrogens (tertiary/aromatic N) is 1. The molecule has 17 heavy (non-hydrogen) atoms. The third kappa shape index (κ3) is 3.14. The number of rotatable bonds is 3. The Morgan fingerprint density at radius 1 is 1.53 bits per heavy atom. The van der Waals surface area contributed by atoms with Crippen LogP contribution < -0.4 is 11.1 Å². The summed E-state index contributed by atoms with van der Waals surface area (Å²) < 4.78 is 0. The van der Waals surface area contributed by atoms with E-state index in [1.165, 1.54) is 0 Å². The summed E-state index contributed by atoms with van der Waals surface area (Å²) in [7, 11) is 0. The predicted molar refractivity (Wildman–Crippen MR) is 66.0 cm³/mol. The molecule has 0 aromatic carbocycles. The Morgan fingerprint density at radius 3 is 2.94 bits per heavy atom. The number of aromatic nitrogens is 1. The first-order valence-corrected chi connectivity index (χ1v) is 5.78. The number of aryl methyl sites for hydroxylation is 1. The van der Waals surface area contributed by atoms with Gasteiger partial charge in [-0.3, -0.25) is 9.78 Å². The van der Waals surface area contributed by atoms with Crippen LogP contribution >= 0.6 is 0 Å². The Balaban J connectivity index is 1.84. The molecular formula is C13H17N3O. The van der Waals surface area contributed by atoms with E-state index in [1.54, 1.807) is 6.20 Å². The lowest BCUT2D eigenvalue weighted by molar-refractivity contribution is -0.123. The van der Waals surface area contributed by atoms with Crippen LogP contribution in [0.15, 0.2) is 30.5 Å². The summed E-state index contributed by atoms with van der Waals surface area (Å²) in [6, 6.07) is 3.93. The third-order valence-electron chi connectivity index (χ3n) is 2.89. The van der Waals surface area contributed by atoms with Crippen LogP contribution in [0.4, 0.5) is 0 Å². The highest BCUT2D eigenvalue weighted by Gasteiger charge is 2.22. The minimum Gasteiger partial charge on any atom is -0.351 e. The lowest BCUT2D eigenvalue weighted by atomic mass is 10.1. The van der Waals surface area contributed by atoms with Crippen LogP contribution in [0, 0.1) is 12.8 Å². The fraction of sp³-hybridized carbons (Fsp3) is 0.385. The molecule has 2 rings (SSSR count). The van der Waals surface area contributed by atoms with E-state index in [0.29, 0.717) is 13.0 Å². The van der Waals surface area contributed by atoms with Crippen molar-refractivity contribution in [3.8, 4) is 0 Å². The average molecular weight is 231 g/mol. The van der Waals surface area contributed by atoms with Crippen LogP contribution in [0.2, 0.25) is 0 Å². The predicted octanol–water partition coefficient (Wildman–Crippen LogP) is 0.910. The molecule has 4 heteroatoms. The Kier molecular flexibility index (Phi) is 3.54. The number of carbonyl (C=O) groups excluding carboxylic acids is 1. The van der Waals surface area contributed by atoms with Gasteiger partial charge < -0.3 is 11.1 Å². The van der Waals surface area contributed by atoms with Crippen molar-refractivity contribution in [2.45, 2.75) is 25.9 Å². The highest BCUT2D eigenvalue weighted by molar-refractivity contribution is 5.81. The molecule has 0 aliphatic heterocycles. The van der Waals surface area contributed by atoms with Crippen molar-refractivity contribution >= 4 is 5.91 Å². The summed E-state index contributed by atoms with van der Waals surface area (Å²) in [5.74, 6) is -0.0433. The van der Waals surface area contributed by atoms with Crippen molar-refractivity contribution in [3.05, 3.63) is 41.7 Å². The Morgan fingerprint density at radius 2 is 2.35 bits per heavy atom. The molecule has 1 heterocycles. The molecule has 0 fully saturated rings. The zero-order valence-electron chi connectivity index (χ0n) is 9.89. The first-order chi connectivity index (χ1) is 8.15. The van der Waals surface area contributed by atoms with Crippen LogP contribution in [-0.4, -0.2) is 16.9 Å². The van der Waals surface area contributed by atoms with Crippen LogP contribution in [0.5, 0.6) is 0 Å². The smallest absolute Gasteiger partial charge is 0.227 e. The van der Waals surface area contributed by atoms with E-state index in [1.807, 2.05) is 31.2 Å². The maximum atomic E-state index is 11.8. The largest absolute Gasteiger partial charge is 0.351 e. The van der Waals surface area contributed by atoms with Crippen LogP contribution in [-0.2, 0) is 11.3 Å². The second-order valence-electron chi connectivity index (χ2n) is 4.42. The monoisotopic (exact) mass is 231 g/mol. The lowest BCUT2D eigenvalue weighted by Gasteiger charge is -2.10. The Labute approximate surface area is 101 Å². The first-order valence-electron chi connectivity index (χ1n) is 5.78. The number of hydrogen-bond acceptors (Lipinski definition) is 3. The molecule has 1 aliphatic carbocycles. The molecule has 2 unspecified atom stereocenters. The van der Waals surface area contributed by atoms with Gasteiger partial charge in [-0.05, 0) is 25.0 Å². The van der Waals surface area contributed by atoms with Gasteiger partial charge in [-0.1, -0.05) is 18.2 Å². The molecule has 3 N–H and O–H groups in total. The molecule has 0 saturated carbocycles. The standard InChI is InChI=1S/C13H17N3O/c1-9-2-3-10(7-15-9)8-16-13(17)11-4-5-12(14)6-11/h2-5,7,11-12H,6,8,14H2,1H3,(H,16,17). The Hall–Kier alpha value is -1.68. The topological polar surface area (TPSA) is 68.0 Å². The number of nitrogens with one attached hydrogen (secondary N) is 1. The summed E-state index contributed by atoms with van der Waals surface area (Å²) in [5.41, 5.74) is 7.70. The zero-order chi connectivity index (χ0) is 12.3.